The first kappa shape index (κ1) is 20.2. The molecule has 1 aliphatic rings. The van der Waals surface area contributed by atoms with Crippen molar-refractivity contribution in [1.82, 2.24) is 4.90 Å². The molecule has 0 N–H and O–H groups in total. The van der Waals surface area contributed by atoms with Crippen LogP contribution in [0, 0.1) is 11.8 Å². The third-order valence-electron chi connectivity index (χ3n) is 4.83. The standard InChI is InChI=1S/C20H37NO2/c1-4-5-6-7-8-9-10-11-12-13-14-21-19(22)16-18(20(21)23)15-17(2)3/h17-18H,4-16H2,1-3H3. The van der Waals surface area contributed by atoms with E-state index in [1.54, 1.807) is 0 Å². The molecule has 1 fully saturated rings. The average Bonchev–Trinajstić information content (AvgIpc) is 2.75. The lowest BCUT2D eigenvalue weighted by molar-refractivity contribution is -0.139. The topological polar surface area (TPSA) is 37.4 Å². The Hall–Kier alpha value is -0.860. The zero-order chi connectivity index (χ0) is 17.1. The van der Waals surface area contributed by atoms with E-state index in [0.29, 0.717) is 18.9 Å². The predicted octanol–water partition coefficient (Wildman–Crippen LogP) is 5.33. The molecule has 0 saturated carbocycles. The summed E-state index contributed by atoms with van der Waals surface area (Å²) in [5.74, 6) is 0.566. The SMILES string of the molecule is CCCCCCCCCCCCN1C(=O)CC(CC(C)C)C1=O. The van der Waals surface area contributed by atoms with Crippen LogP contribution in [-0.4, -0.2) is 23.3 Å². The molecule has 134 valence electrons. The summed E-state index contributed by atoms with van der Waals surface area (Å²) in [6.45, 7) is 7.12. The number of likely N-dealkylation sites (tertiary alicyclic amines) is 1. The fourth-order valence-corrected chi connectivity index (χ4v) is 3.50. The Morgan fingerprint density at radius 2 is 1.43 bits per heavy atom. The Morgan fingerprint density at radius 1 is 0.913 bits per heavy atom. The quantitative estimate of drug-likeness (QED) is 0.339. The third-order valence-corrected chi connectivity index (χ3v) is 4.83. The Bertz CT molecular complexity index is 352. The minimum atomic E-state index is -0.0504. The van der Waals surface area contributed by atoms with Crippen molar-refractivity contribution in [1.29, 1.82) is 0 Å². The molecule has 2 amide bonds. The molecule has 1 aliphatic heterocycles. The van der Waals surface area contributed by atoms with E-state index in [9.17, 15) is 9.59 Å². The van der Waals surface area contributed by atoms with E-state index < -0.39 is 0 Å². The molecule has 0 aliphatic carbocycles. The van der Waals surface area contributed by atoms with Crippen molar-refractivity contribution < 1.29 is 9.59 Å². The lowest BCUT2D eigenvalue weighted by Gasteiger charge is -2.15. The smallest absolute Gasteiger partial charge is 0.232 e. The van der Waals surface area contributed by atoms with Crippen molar-refractivity contribution in [3.8, 4) is 0 Å². The van der Waals surface area contributed by atoms with E-state index >= 15 is 0 Å². The molecule has 1 atom stereocenters. The van der Waals surface area contributed by atoms with Crippen molar-refractivity contribution in [3.63, 3.8) is 0 Å². The Kier molecular flexibility index (Phi) is 10.2. The van der Waals surface area contributed by atoms with E-state index in [0.717, 1.165) is 19.3 Å². The number of hydrogen-bond donors (Lipinski definition) is 0. The highest BCUT2D eigenvalue weighted by atomic mass is 16.2. The second-order valence-electron chi connectivity index (χ2n) is 7.60. The molecule has 0 radical (unpaired) electrons. The molecule has 0 bridgehead atoms. The van der Waals surface area contributed by atoms with Gasteiger partial charge in [0.15, 0.2) is 0 Å². The van der Waals surface area contributed by atoms with Gasteiger partial charge in [-0.15, -0.1) is 0 Å². The molecule has 3 nitrogen and oxygen atoms in total. The second kappa shape index (κ2) is 11.6. The van der Waals surface area contributed by atoms with Gasteiger partial charge in [-0.25, -0.2) is 0 Å². The van der Waals surface area contributed by atoms with Gasteiger partial charge in [0.05, 0.1) is 0 Å². The third kappa shape index (κ3) is 7.99. The van der Waals surface area contributed by atoms with Gasteiger partial charge in [-0.3, -0.25) is 14.5 Å². The van der Waals surface area contributed by atoms with Crippen LogP contribution in [0.25, 0.3) is 0 Å². The van der Waals surface area contributed by atoms with Gasteiger partial charge in [0.25, 0.3) is 0 Å². The summed E-state index contributed by atoms with van der Waals surface area (Å²) >= 11 is 0. The minimum absolute atomic E-state index is 0.0504. The number of imide groups is 1. The first-order valence-corrected chi connectivity index (χ1v) is 9.90. The highest BCUT2D eigenvalue weighted by molar-refractivity contribution is 6.03. The van der Waals surface area contributed by atoms with E-state index in [1.165, 1.54) is 56.3 Å². The molecule has 1 saturated heterocycles. The largest absolute Gasteiger partial charge is 0.282 e. The monoisotopic (exact) mass is 323 g/mol. The maximum absolute atomic E-state index is 12.2. The van der Waals surface area contributed by atoms with Crippen LogP contribution in [0.4, 0.5) is 0 Å². The zero-order valence-electron chi connectivity index (χ0n) is 15.6. The van der Waals surface area contributed by atoms with Gasteiger partial charge in [-0.2, -0.15) is 0 Å². The molecule has 1 unspecified atom stereocenters. The van der Waals surface area contributed by atoms with E-state index in [4.69, 9.17) is 0 Å². The summed E-state index contributed by atoms with van der Waals surface area (Å²) in [5.41, 5.74) is 0. The Labute approximate surface area is 143 Å². The number of hydrogen-bond acceptors (Lipinski definition) is 2. The van der Waals surface area contributed by atoms with E-state index in [1.807, 2.05) is 0 Å². The van der Waals surface area contributed by atoms with Crippen molar-refractivity contribution >= 4 is 11.8 Å². The fraction of sp³-hybridized carbons (Fsp3) is 0.900. The molecule has 23 heavy (non-hydrogen) atoms. The van der Waals surface area contributed by atoms with Crippen LogP contribution in [0.2, 0.25) is 0 Å². The van der Waals surface area contributed by atoms with Crippen LogP contribution < -0.4 is 0 Å². The number of nitrogens with zero attached hydrogens (tertiary/aromatic N) is 1. The second-order valence-corrected chi connectivity index (χ2v) is 7.60. The van der Waals surface area contributed by atoms with Gasteiger partial charge < -0.3 is 0 Å². The van der Waals surface area contributed by atoms with Gasteiger partial charge >= 0.3 is 0 Å². The minimum Gasteiger partial charge on any atom is -0.282 e. The number of rotatable bonds is 13. The van der Waals surface area contributed by atoms with Crippen LogP contribution in [0.5, 0.6) is 0 Å². The predicted molar refractivity (Wildman–Crippen MR) is 96.1 cm³/mol. The molecule has 0 spiro atoms. The number of unbranched alkanes of at least 4 members (excludes halogenated alkanes) is 9. The van der Waals surface area contributed by atoms with Crippen LogP contribution in [0.15, 0.2) is 0 Å². The molecular weight excluding hydrogens is 286 g/mol. The van der Waals surface area contributed by atoms with Gasteiger partial charge in [-0.05, 0) is 18.8 Å². The van der Waals surface area contributed by atoms with Crippen LogP contribution in [-0.2, 0) is 9.59 Å². The van der Waals surface area contributed by atoms with Gasteiger partial charge in [0, 0.05) is 18.9 Å². The lowest BCUT2D eigenvalue weighted by atomic mass is 9.96. The summed E-state index contributed by atoms with van der Waals surface area (Å²) in [6.07, 6.45) is 14.1. The molecule has 1 rings (SSSR count). The molecule has 3 heteroatoms. The van der Waals surface area contributed by atoms with Crippen LogP contribution >= 0.6 is 0 Å². The van der Waals surface area contributed by atoms with Gasteiger partial charge in [0.2, 0.25) is 11.8 Å². The first-order valence-electron chi connectivity index (χ1n) is 9.90. The first-order chi connectivity index (χ1) is 11.1. The number of carbonyl (C=O) groups is 2. The summed E-state index contributed by atoms with van der Waals surface area (Å²) in [5, 5.41) is 0. The molecule has 0 aromatic carbocycles. The maximum atomic E-state index is 12.2. The highest BCUT2D eigenvalue weighted by Gasteiger charge is 2.37. The van der Waals surface area contributed by atoms with E-state index in [-0.39, 0.29) is 17.7 Å². The summed E-state index contributed by atoms with van der Waals surface area (Å²) in [4.78, 5) is 25.7. The summed E-state index contributed by atoms with van der Waals surface area (Å²) in [7, 11) is 0. The molecular formula is C20H37NO2. The van der Waals surface area contributed by atoms with E-state index in [2.05, 4.69) is 20.8 Å². The van der Waals surface area contributed by atoms with Gasteiger partial charge in [0.1, 0.15) is 0 Å². The molecule has 1 heterocycles. The maximum Gasteiger partial charge on any atom is 0.232 e. The van der Waals surface area contributed by atoms with Crippen molar-refractivity contribution in [2.45, 2.75) is 97.8 Å². The van der Waals surface area contributed by atoms with Crippen LogP contribution in [0.3, 0.4) is 0 Å². The molecule has 0 aromatic heterocycles. The van der Waals surface area contributed by atoms with Crippen molar-refractivity contribution in [2.24, 2.45) is 11.8 Å². The summed E-state index contributed by atoms with van der Waals surface area (Å²) < 4.78 is 0. The average molecular weight is 324 g/mol. The Balaban J connectivity index is 2.05. The number of amides is 2. The lowest BCUT2D eigenvalue weighted by Crippen LogP contribution is -2.31. The Morgan fingerprint density at radius 3 is 1.96 bits per heavy atom. The van der Waals surface area contributed by atoms with Crippen LogP contribution in [0.1, 0.15) is 97.8 Å². The zero-order valence-corrected chi connectivity index (χ0v) is 15.6. The van der Waals surface area contributed by atoms with Crippen molar-refractivity contribution in [3.05, 3.63) is 0 Å². The fourth-order valence-electron chi connectivity index (χ4n) is 3.50. The molecule has 0 aromatic rings. The highest BCUT2D eigenvalue weighted by Crippen LogP contribution is 2.26. The summed E-state index contributed by atoms with van der Waals surface area (Å²) in [6, 6.07) is 0. The normalized spacial score (nSPS) is 18.4. The van der Waals surface area contributed by atoms with Crippen molar-refractivity contribution in [2.75, 3.05) is 6.54 Å². The van der Waals surface area contributed by atoms with Gasteiger partial charge in [-0.1, -0.05) is 78.6 Å². The number of carbonyl (C=O) groups excluding carboxylic acids is 2.